The highest BCUT2D eigenvalue weighted by Gasteiger charge is 1.99. The lowest BCUT2D eigenvalue weighted by Crippen LogP contribution is -2.05. The lowest BCUT2D eigenvalue weighted by Gasteiger charge is -2.07. The average Bonchev–Trinajstić information content (AvgIpc) is 2.73. The summed E-state index contributed by atoms with van der Waals surface area (Å²) < 4.78 is 8.44. The van der Waals surface area contributed by atoms with Gasteiger partial charge in [-0.2, -0.15) is 5.10 Å². The molecule has 5 heteroatoms. The van der Waals surface area contributed by atoms with Crippen molar-refractivity contribution < 1.29 is 4.74 Å². The monoisotopic (exact) mass is 295 g/mol. The fraction of sp³-hybridized carbons (Fsp3) is 0.250. The highest BCUT2D eigenvalue weighted by atomic mass is 79.9. The minimum absolute atomic E-state index is 0.553. The Morgan fingerprint density at radius 2 is 2.12 bits per heavy atom. The number of hydrogen-bond acceptors (Lipinski definition) is 3. The summed E-state index contributed by atoms with van der Waals surface area (Å²) in [6.07, 6.45) is 2.76. The minimum atomic E-state index is 0.553. The first kappa shape index (κ1) is 12.0. The maximum absolute atomic E-state index is 5.65. The van der Waals surface area contributed by atoms with E-state index in [4.69, 9.17) is 10.5 Å². The molecule has 0 aliphatic carbocycles. The highest BCUT2D eigenvalue weighted by Crippen LogP contribution is 2.23. The molecule has 0 aliphatic heterocycles. The van der Waals surface area contributed by atoms with Gasteiger partial charge in [0.2, 0.25) is 0 Å². The molecular formula is C12H14BrN3O. The Morgan fingerprint density at radius 3 is 2.82 bits per heavy atom. The van der Waals surface area contributed by atoms with Crippen molar-refractivity contribution in [2.75, 3.05) is 12.3 Å². The smallest absolute Gasteiger partial charge is 0.145 e. The summed E-state index contributed by atoms with van der Waals surface area (Å²) in [6, 6.07) is 9.60. The van der Waals surface area contributed by atoms with Crippen LogP contribution in [0.2, 0.25) is 0 Å². The van der Waals surface area contributed by atoms with E-state index in [2.05, 4.69) is 21.0 Å². The van der Waals surface area contributed by atoms with E-state index in [1.54, 1.807) is 6.07 Å². The lowest BCUT2D eigenvalue weighted by atomic mass is 10.3. The molecule has 2 aromatic rings. The van der Waals surface area contributed by atoms with Crippen molar-refractivity contribution >= 4 is 21.7 Å². The van der Waals surface area contributed by atoms with Crippen LogP contribution in [0.25, 0.3) is 0 Å². The summed E-state index contributed by atoms with van der Waals surface area (Å²) in [5.41, 5.74) is 5.52. The quantitative estimate of drug-likeness (QED) is 0.863. The van der Waals surface area contributed by atoms with Gasteiger partial charge in [0.05, 0.1) is 11.1 Å². The van der Waals surface area contributed by atoms with E-state index in [9.17, 15) is 0 Å². The lowest BCUT2D eigenvalue weighted by molar-refractivity contribution is 0.297. The molecule has 1 aromatic heterocycles. The third kappa shape index (κ3) is 3.49. The first-order valence-electron chi connectivity index (χ1n) is 5.42. The van der Waals surface area contributed by atoms with Crippen molar-refractivity contribution in [1.82, 2.24) is 9.78 Å². The zero-order valence-corrected chi connectivity index (χ0v) is 10.9. The molecule has 0 saturated heterocycles. The van der Waals surface area contributed by atoms with Gasteiger partial charge in [-0.25, -0.2) is 0 Å². The Kier molecular flexibility index (Phi) is 4.03. The number of nitrogens with zero attached hydrogens (tertiary/aromatic N) is 2. The van der Waals surface area contributed by atoms with Crippen LogP contribution in [0.3, 0.4) is 0 Å². The summed E-state index contributed by atoms with van der Waals surface area (Å²) in [5.74, 6) is 1.42. The molecule has 0 amide bonds. The van der Waals surface area contributed by atoms with E-state index >= 15 is 0 Å². The second-order valence-corrected chi connectivity index (χ2v) is 4.49. The average molecular weight is 296 g/mol. The van der Waals surface area contributed by atoms with Gasteiger partial charge in [0.25, 0.3) is 0 Å². The van der Waals surface area contributed by atoms with Crippen LogP contribution in [-0.4, -0.2) is 16.4 Å². The Labute approximate surface area is 109 Å². The fourth-order valence-corrected chi connectivity index (χ4v) is 1.87. The Hall–Kier alpha value is -1.49. The Balaban J connectivity index is 1.75. The topological polar surface area (TPSA) is 53.1 Å². The van der Waals surface area contributed by atoms with Gasteiger partial charge in [-0.05, 0) is 34.1 Å². The molecule has 0 spiro atoms. The van der Waals surface area contributed by atoms with Gasteiger partial charge in [-0.1, -0.05) is 12.1 Å². The summed E-state index contributed by atoms with van der Waals surface area (Å²) in [6.45, 7) is 1.46. The first-order valence-corrected chi connectivity index (χ1v) is 6.21. The van der Waals surface area contributed by atoms with Gasteiger partial charge < -0.3 is 10.5 Å². The maximum atomic E-state index is 5.65. The molecule has 0 radical (unpaired) electrons. The number of nitrogen functional groups attached to an aromatic ring is 1. The molecule has 0 bridgehead atoms. The molecule has 0 aliphatic rings. The van der Waals surface area contributed by atoms with Gasteiger partial charge in [0, 0.05) is 19.2 Å². The summed E-state index contributed by atoms with van der Waals surface area (Å²) in [4.78, 5) is 0. The number of ether oxygens (including phenoxy) is 1. The van der Waals surface area contributed by atoms with Gasteiger partial charge >= 0.3 is 0 Å². The molecule has 90 valence electrons. The highest BCUT2D eigenvalue weighted by molar-refractivity contribution is 9.10. The molecule has 1 aromatic carbocycles. The molecular weight excluding hydrogens is 282 g/mol. The Morgan fingerprint density at radius 1 is 1.29 bits per heavy atom. The van der Waals surface area contributed by atoms with Crippen molar-refractivity contribution in [3.63, 3.8) is 0 Å². The van der Waals surface area contributed by atoms with Crippen molar-refractivity contribution in [3.05, 3.63) is 41.0 Å². The van der Waals surface area contributed by atoms with Crippen LogP contribution in [0.5, 0.6) is 5.75 Å². The molecule has 0 fully saturated rings. The standard InChI is InChI=1S/C12H14BrN3O/c13-10-4-1-2-5-11(10)17-9-3-7-16-8-6-12(14)15-16/h1-2,4-6,8H,3,7,9H2,(H2,14,15). The molecule has 0 atom stereocenters. The third-order valence-corrected chi connectivity index (χ3v) is 2.94. The minimum Gasteiger partial charge on any atom is -0.492 e. The van der Waals surface area contributed by atoms with Crippen LogP contribution in [0.15, 0.2) is 41.0 Å². The van der Waals surface area contributed by atoms with E-state index in [0.29, 0.717) is 12.4 Å². The molecule has 2 rings (SSSR count). The van der Waals surface area contributed by atoms with E-state index in [1.165, 1.54) is 0 Å². The van der Waals surface area contributed by atoms with Crippen LogP contribution in [-0.2, 0) is 6.54 Å². The number of hydrogen-bond donors (Lipinski definition) is 1. The van der Waals surface area contributed by atoms with Crippen LogP contribution >= 0.6 is 15.9 Å². The van der Waals surface area contributed by atoms with E-state index < -0.39 is 0 Å². The van der Waals surface area contributed by atoms with Crippen LogP contribution < -0.4 is 10.5 Å². The summed E-state index contributed by atoms with van der Waals surface area (Å²) in [7, 11) is 0. The summed E-state index contributed by atoms with van der Waals surface area (Å²) >= 11 is 3.44. The SMILES string of the molecule is Nc1ccn(CCCOc2ccccc2Br)n1. The number of para-hydroxylation sites is 1. The maximum Gasteiger partial charge on any atom is 0.145 e. The van der Waals surface area contributed by atoms with Gasteiger partial charge in [-0.15, -0.1) is 0 Å². The molecule has 1 heterocycles. The van der Waals surface area contributed by atoms with Crippen molar-refractivity contribution in [2.45, 2.75) is 13.0 Å². The van der Waals surface area contributed by atoms with Crippen molar-refractivity contribution in [2.24, 2.45) is 0 Å². The third-order valence-electron chi connectivity index (χ3n) is 2.29. The van der Waals surface area contributed by atoms with Gasteiger partial charge in [-0.3, -0.25) is 4.68 Å². The van der Waals surface area contributed by atoms with Crippen LogP contribution in [0.4, 0.5) is 5.82 Å². The first-order chi connectivity index (χ1) is 8.25. The second kappa shape index (κ2) is 5.72. The second-order valence-electron chi connectivity index (χ2n) is 3.64. The number of nitrogens with two attached hydrogens (primary N) is 1. The van der Waals surface area contributed by atoms with Crippen molar-refractivity contribution in [3.8, 4) is 5.75 Å². The number of aryl methyl sites for hydroxylation is 1. The predicted molar refractivity (Wildman–Crippen MR) is 70.9 cm³/mol. The fourth-order valence-electron chi connectivity index (χ4n) is 1.47. The number of benzene rings is 1. The summed E-state index contributed by atoms with van der Waals surface area (Å²) in [5, 5.41) is 4.10. The van der Waals surface area contributed by atoms with Crippen LogP contribution in [0.1, 0.15) is 6.42 Å². The number of halogens is 1. The normalized spacial score (nSPS) is 10.4. The molecule has 2 N–H and O–H groups in total. The van der Waals surface area contributed by atoms with Gasteiger partial charge in [0.15, 0.2) is 0 Å². The largest absolute Gasteiger partial charge is 0.492 e. The number of anilines is 1. The van der Waals surface area contributed by atoms with Crippen molar-refractivity contribution in [1.29, 1.82) is 0 Å². The number of aromatic nitrogens is 2. The Bertz CT molecular complexity index is 484. The zero-order chi connectivity index (χ0) is 12.1. The molecule has 17 heavy (non-hydrogen) atoms. The van der Waals surface area contributed by atoms with E-state index in [1.807, 2.05) is 35.1 Å². The van der Waals surface area contributed by atoms with Crippen LogP contribution in [0, 0.1) is 0 Å². The zero-order valence-electron chi connectivity index (χ0n) is 9.34. The van der Waals surface area contributed by atoms with Gasteiger partial charge in [0.1, 0.15) is 11.6 Å². The molecule has 0 saturated carbocycles. The number of rotatable bonds is 5. The molecule has 0 unspecified atom stereocenters. The molecule has 4 nitrogen and oxygen atoms in total. The van der Waals surface area contributed by atoms with E-state index in [-0.39, 0.29) is 0 Å². The van der Waals surface area contributed by atoms with E-state index in [0.717, 1.165) is 23.2 Å². The predicted octanol–water partition coefficient (Wildman–Crippen LogP) is 2.70.